The molecule has 3 aromatic rings. The van der Waals surface area contributed by atoms with Crippen molar-refractivity contribution >= 4 is 18.0 Å². The van der Waals surface area contributed by atoms with E-state index >= 15 is 0 Å². The number of carbonyl (C=O) groups is 3. The Labute approximate surface area is 217 Å². The molecule has 37 heavy (non-hydrogen) atoms. The fraction of sp³-hybridized carbons (Fsp3) is 0.300. The number of aliphatic carboxylic acids is 1. The molecule has 1 atom stereocenters. The van der Waals surface area contributed by atoms with Gasteiger partial charge in [-0.1, -0.05) is 78.9 Å². The van der Waals surface area contributed by atoms with Gasteiger partial charge in [0.2, 0.25) is 5.91 Å². The summed E-state index contributed by atoms with van der Waals surface area (Å²) in [7, 11) is 3.15. The van der Waals surface area contributed by atoms with Crippen molar-refractivity contribution in [2.75, 3.05) is 27.2 Å². The van der Waals surface area contributed by atoms with E-state index in [1.807, 2.05) is 54.6 Å². The molecule has 0 aromatic heterocycles. The Morgan fingerprint density at radius 2 is 1.43 bits per heavy atom. The zero-order chi connectivity index (χ0) is 26.4. The van der Waals surface area contributed by atoms with Crippen molar-refractivity contribution < 1.29 is 24.2 Å². The summed E-state index contributed by atoms with van der Waals surface area (Å²) in [5.74, 6) is -1.34. The maximum Gasteiger partial charge on any atom is 0.409 e. The number of benzene rings is 3. The number of amides is 2. The van der Waals surface area contributed by atoms with E-state index in [1.54, 1.807) is 7.05 Å². The van der Waals surface area contributed by atoms with Gasteiger partial charge in [0.05, 0.1) is 0 Å². The molecule has 1 aliphatic carbocycles. The smallest absolute Gasteiger partial charge is 0.409 e. The molecule has 7 heteroatoms. The maximum absolute atomic E-state index is 12.7. The summed E-state index contributed by atoms with van der Waals surface area (Å²) in [5.41, 5.74) is 5.49. The van der Waals surface area contributed by atoms with Gasteiger partial charge in [0.15, 0.2) is 0 Å². The molecule has 7 nitrogen and oxygen atoms in total. The van der Waals surface area contributed by atoms with Crippen LogP contribution < -0.4 is 0 Å². The maximum atomic E-state index is 12.7. The lowest BCUT2D eigenvalue weighted by Gasteiger charge is -2.25. The van der Waals surface area contributed by atoms with Crippen molar-refractivity contribution in [3.05, 3.63) is 95.6 Å². The van der Waals surface area contributed by atoms with Gasteiger partial charge in [-0.2, -0.15) is 0 Å². The molecule has 0 radical (unpaired) electrons. The minimum atomic E-state index is -1.05. The standard InChI is InChI=1S/C30H32N2O5/c1-31(18-10-17-28(33)32(2)27(29(34)35)19-21-11-4-3-5-12-21)30(36)37-20-26-24-15-8-6-13-22(24)23-14-7-9-16-25(23)26/h3-9,11-16,26-27H,10,17-20H2,1-2H3,(H,34,35)/t27-/m0/s1. The first-order valence-corrected chi connectivity index (χ1v) is 12.4. The number of likely N-dealkylation sites (N-methyl/N-ethyl adjacent to an activating group) is 1. The molecule has 0 heterocycles. The Balaban J connectivity index is 1.26. The predicted molar refractivity (Wildman–Crippen MR) is 141 cm³/mol. The van der Waals surface area contributed by atoms with Gasteiger partial charge in [0, 0.05) is 39.4 Å². The summed E-state index contributed by atoms with van der Waals surface area (Å²) < 4.78 is 5.66. The van der Waals surface area contributed by atoms with Crippen LogP contribution in [0.15, 0.2) is 78.9 Å². The highest BCUT2D eigenvalue weighted by Crippen LogP contribution is 2.44. The number of ether oxygens (including phenoxy) is 1. The van der Waals surface area contributed by atoms with Crippen LogP contribution in [0, 0.1) is 0 Å². The van der Waals surface area contributed by atoms with Crippen LogP contribution in [0.1, 0.15) is 35.4 Å². The lowest BCUT2D eigenvalue weighted by Crippen LogP contribution is -2.44. The largest absolute Gasteiger partial charge is 0.480 e. The number of hydrogen-bond acceptors (Lipinski definition) is 4. The third-order valence-corrected chi connectivity index (χ3v) is 6.95. The van der Waals surface area contributed by atoms with Crippen LogP contribution in [-0.4, -0.2) is 66.2 Å². The summed E-state index contributed by atoms with van der Waals surface area (Å²) in [6, 6.07) is 24.6. The molecule has 0 aliphatic heterocycles. The second-order valence-corrected chi connectivity index (χ2v) is 9.38. The zero-order valence-electron chi connectivity index (χ0n) is 21.2. The Kier molecular flexibility index (Phi) is 8.23. The van der Waals surface area contributed by atoms with E-state index in [9.17, 15) is 19.5 Å². The average molecular weight is 501 g/mol. The second kappa shape index (κ2) is 11.7. The summed E-state index contributed by atoms with van der Waals surface area (Å²) in [5, 5.41) is 9.65. The number of hydrogen-bond donors (Lipinski definition) is 1. The van der Waals surface area contributed by atoms with Crippen molar-refractivity contribution in [1.82, 2.24) is 9.80 Å². The summed E-state index contributed by atoms with van der Waals surface area (Å²) in [6.07, 6.45) is 0.325. The molecular weight excluding hydrogens is 468 g/mol. The number of carbonyl (C=O) groups excluding carboxylic acids is 2. The van der Waals surface area contributed by atoms with E-state index < -0.39 is 18.1 Å². The first kappa shape index (κ1) is 25.9. The molecule has 1 N–H and O–H groups in total. The van der Waals surface area contributed by atoms with E-state index in [0.717, 1.165) is 16.7 Å². The molecule has 0 saturated heterocycles. The van der Waals surface area contributed by atoms with Gasteiger partial charge in [0.25, 0.3) is 0 Å². The predicted octanol–water partition coefficient (Wildman–Crippen LogP) is 4.80. The van der Waals surface area contributed by atoms with Crippen molar-refractivity contribution in [3.8, 4) is 11.1 Å². The Bertz CT molecular complexity index is 1210. The van der Waals surface area contributed by atoms with Gasteiger partial charge < -0.3 is 19.6 Å². The molecule has 0 bridgehead atoms. The molecule has 0 fully saturated rings. The molecule has 0 spiro atoms. The monoisotopic (exact) mass is 500 g/mol. The number of fused-ring (bicyclic) bond motifs is 3. The SMILES string of the molecule is CN(CCCC(=O)N(C)[C@@H](Cc1ccccc1)C(=O)O)C(=O)OCC1c2ccccc2-c2ccccc21. The molecule has 0 saturated carbocycles. The Hall–Kier alpha value is -4.13. The number of rotatable bonds is 10. The lowest BCUT2D eigenvalue weighted by molar-refractivity contribution is -0.149. The fourth-order valence-corrected chi connectivity index (χ4v) is 4.84. The molecule has 2 amide bonds. The first-order valence-electron chi connectivity index (χ1n) is 12.4. The third-order valence-electron chi connectivity index (χ3n) is 6.95. The quantitative estimate of drug-likeness (QED) is 0.432. The minimum absolute atomic E-state index is 0.0162. The Morgan fingerprint density at radius 1 is 0.865 bits per heavy atom. The van der Waals surface area contributed by atoms with Gasteiger partial charge in [-0.3, -0.25) is 4.79 Å². The molecule has 1 aliphatic rings. The van der Waals surface area contributed by atoms with Crippen LogP contribution in [-0.2, 0) is 20.7 Å². The van der Waals surface area contributed by atoms with Gasteiger partial charge in [-0.25, -0.2) is 9.59 Å². The fourth-order valence-electron chi connectivity index (χ4n) is 4.84. The zero-order valence-corrected chi connectivity index (χ0v) is 21.2. The average Bonchev–Trinajstić information content (AvgIpc) is 3.23. The Morgan fingerprint density at radius 3 is 2.03 bits per heavy atom. The lowest BCUT2D eigenvalue weighted by atomic mass is 9.98. The highest BCUT2D eigenvalue weighted by Gasteiger charge is 2.30. The molecule has 192 valence electrons. The summed E-state index contributed by atoms with van der Waals surface area (Å²) in [4.78, 5) is 39.9. The van der Waals surface area contributed by atoms with Crippen LogP contribution in [0.3, 0.4) is 0 Å². The van der Waals surface area contributed by atoms with E-state index in [1.165, 1.54) is 28.0 Å². The first-order chi connectivity index (χ1) is 17.9. The minimum Gasteiger partial charge on any atom is -0.480 e. The van der Waals surface area contributed by atoms with E-state index in [0.29, 0.717) is 13.0 Å². The van der Waals surface area contributed by atoms with E-state index in [4.69, 9.17) is 4.74 Å². The summed E-state index contributed by atoms with van der Waals surface area (Å²) in [6.45, 7) is 0.561. The molecule has 3 aromatic carbocycles. The summed E-state index contributed by atoms with van der Waals surface area (Å²) >= 11 is 0. The number of nitrogens with zero attached hydrogens (tertiary/aromatic N) is 2. The van der Waals surface area contributed by atoms with Gasteiger partial charge in [-0.15, -0.1) is 0 Å². The van der Waals surface area contributed by atoms with Gasteiger partial charge in [-0.05, 0) is 34.2 Å². The van der Waals surface area contributed by atoms with E-state index in [-0.39, 0.29) is 31.3 Å². The van der Waals surface area contributed by atoms with Crippen molar-refractivity contribution in [1.29, 1.82) is 0 Å². The van der Waals surface area contributed by atoms with Crippen molar-refractivity contribution in [2.24, 2.45) is 0 Å². The third kappa shape index (κ3) is 6.00. The van der Waals surface area contributed by atoms with Crippen molar-refractivity contribution in [3.63, 3.8) is 0 Å². The topological polar surface area (TPSA) is 87.2 Å². The highest BCUT2D eigenvalue weighted by atomic mass is 16.6. The molecule has 4 rings (SSSR count). The van der Waals surface area contributed by atoms with Crippen molar-refractivity contribution in [2.45, 2.75) is 31.2 Å². The van der Waals surface area contributed by atoms with Crippen LogP contribution in [0.2, 0.25) is 0 Å². The van der Waals surface area contributed by atoms with Crippen LogP contribution in [0.4, 0.5) is 4.79 Å². The second-order valence-electron chi connectivity index (χ2n) is 9.38. The van der Waals surface area contributed by atoms with E-state index in [2.05, 4.69) is 24.3 Å². The molecular formula is C30H32N2O5. The molecule has 0 unspecified atom stereocenters. The number of carboxylic acids is 1. The van der Waals surface area contributed by atoms with Gasteiger partial charge in [0.1, 0.15) is 12.6 Å². The van der Waals surface area contributed by atoms with Gasteiger partial charge >= 0.3 is 12.1 Å². The van der Waals surface area contributed by atoms with Crippen LogP contribution in [0.5, 0.6) is 0 Å². The highest BCUT2D eigenvalue weighted by molar-refractivity contribution is 5.83. The van der Waals surface area contributed by atoms with Crippen LogP contribution >= 0.6 is 0 Å². The number of carboxylic acid groups (broad SMARTS) is 1. The normalized spacial score (nSPS) is 12.8. The van der Waals surface area contributed by atoms with Crippen LogP contribution in [0.25, 0.3) is 11.1 Å².